The Balaban J connectivity index is 1.72. The molecule has 184 valence electrons. The molecule has 3 aliphatic rings. The highest BCUT2D eigenvalue weighted by Gasteiger charge is 2.63. The van der Waals surface area contributed by atoms with Gasteiger partial charge >= 0.3 is 0 Å². The van der Waals surface area contributed by atoms with Crippen LogP contribution in [0.25, 0.3) is 0 Å². The molecule has 1 saturated heterocycles. The van der Waals surface area contributed by atoms with Gasteiger partial charge in [-0.2, -0.15) is 4.31 Å². The Morgan fingerprint density at radius 2 is 1.79 bits per heavy atom. The molecule has 2 aliphatic carbocycles. The van der Waals surface area contributed by atoms with Gasteiger partial charge in [0.25, 0.3) is 0 Å². The van der Waals surface area contributed by atoms with Crippen molar-refractivity contribution >= 4 is 36.2 Å². The Morgan fingerprint density at radius 1 is 1.18 bits per heavy atom. The summed E-state index contributed by atoms with van der Waals surface area (Å²) < 4.78 is 42.3. The summed E-state index contributed by atoms with van der Waals surface area (Å²) in [5, 5.41) is 0.438. The van der Waals surface area contributed by atoms with E-state index in [1.54, 1.807) is 28.6 Å². The van der Waals surface area contributed by atoms with Gasteiger partial charge in [-0.25, -0.2) is 8.42 Å². The minimum absolute atomic E-state index is 0.0565. The molecule has 3 fully saturated rings. The van der Waals surface area contributed by atoms with Crippen LogP contribution < -0.4 is 0 Å². The number of aldehydes is 1. The zero-order valence-electron chi connectivity index (χ0n) is 20.2. The van der Waals surface area contributed by atoms with E-state index < -0.39 is 35.9 Å². The SMILES string of the molecule is CC(C)(C)[Si](C)(C)OC(C=O)C1([C@H]2COC[C@@H](C3CC3)N2S(=O)(=O)c2ccc(Cl)cc2)CC1. The molecule has 0 aromatic heterocycles. The first-order valence-corrected chi connectivity index (χ1v) is 16.6. The first-order valence-electron chi connectivity index (χ1n) is 11.8. The number of hydrogen-bond acceptors (Lipinski definition) is 5. The molecule has 0 spiro atoms. The second-order valence-electron chi connectivity index (χ2n) is 11.4. The average molecular weight is 514 g/mol. The monoisotopic (exact) mass is 513 g/mol. The zero-order chi connectivity index (χ0) is 24.2. The molecule has 1 aromatic carbocycles. The summed E-state index contributed by atoms with van der Waals surface area (Å²) in [4.78, 5) is 12.6. The summed E-state index contributed by atoms with van der Waals surface area (Å²) in [6.45, 7) is 11.4. The number of nitrogens with zero attached hydrogens (tertiary/aromatic N) is 1. The van der Waals surface area contributed by atoms with E-state index in [9.17, 15) is 13.2 Å². The van der Waals surface area contributed by atoms with E-state index in [2.05, 4.69) is 33.9 Å². The fourth-order valence-corrected chi connectivity index (χ4v) is 8.05. The summed E-state index contributed by atoms with van der Waals surface area (Å²) in [7, 11) is -6.05. The van der Waals surface area contributed by atoms with Crippen molar-refractivity contribution in [2.45, 2.75) is 87.7 Å². The maximum Gasteiger partial charge on any atom is 0.243 e. The molecule has 4 rings (SSSR count). The summed E-state index contributed by atoms with van der Waals surface area (Å²) >= 11 is 6.03. The Bertz CT molecular complexity index is 983. The van der Waals surface area contributed by atoms with Gasteiger partial charge in [0.05, 0.1) is 30.2 Å². The van der Waals surface area contributed by atoms with Crippen molar-refractivity contribution in [2.75, 3.05) is 13.2 Å². The number of carbonyl (C=O) groups excluding carboxylic acids is 1. The van der Waals surface area contributed by atoms with E-state index in [-0.39, 0.29) is 22.6 Å². The predicted octanol–water partition coefficient (Wildman–Crippen LogP) is 4.88. The number of halogens is 1. The lowest BCUT2D eigenvalue weighted by Crippen LogP contribution is -2.62. The van der Waals surface area contributed by atoms with Crippen LogP contribution in [0.15, 0.2) is 29.2 Å². The van der Waals surface area contributed by atoms with E-state index in [1.165, 1.54) is 0 Å². The molecule has 0 amide bonds. The molecule has 3 atom stereocenters. The number of benzene rings is 1. The molecular formula is C24H36ClNO5SSi. The van der Waals surface area contributed by atoms with E-state index in [4.69, 9.17) is 20.8 Å². The van der Waals surface area contributed by atoms with Crippen LogP contribution in [0.4, 0.5) is 0 Å². The number of rotatable bonds is 8. The van der Waals surface area contributed by atoms with Crippen molar-refractivity contribution in [1.82, 2.24) is 4.31 Å². The third-order valence-electron chi connectivity index (χ3n) is 8.16. The van der Waals surface area contributed by atoms with Crippen molar-refractivity contribution in [3.63, 3.8) is 0 Å². The third-order valence-corrected chi connectivity index (χ3v) is 14.8. The lowest BCUT2D eigenvalue weighted by molar-refractivity contribution is -0.122. The summed E-state index contributed by atoms with van der Waals surface area (Å²) in [6.07, 6.45) is 3.76. The van der Waals surface area contributed by atoms with Crippen LogP contribution in [0.1, 0.15) is 46.5 Å². The molecule has 1 unspecified atom stereocenters. The molecular weight excluding hydrogens is 478 g/mol. The van der Waals surface area contributed by atoms with Gasteiger partial charge in [0.15, 0.2) is 8.32 Å². The maximum atomic E-state index is 14.0. The number of carbonyl (C=O) groups is 1. The number of hydrogen-bond donors (Lipinski definition) is 0. The van der Waals surface area contributed by atoms with Gasteiger partial charge in [-0.1, -0.05) is 32.4 Å². The third kappa shape index (κ3) is 4.71. The fourth-order valence-electron chi connectivity index (χ4n) is 4.72. The average Bonchev–Trinajstić information content (AvgIpc) is 3.65. The van der Waals surface area contributed by atoms with Crippen LogP contribution in [0.3, 0.4) is 0 Å². The van der Waals surface area contributed by atoms with Gasteiger partial charge < -0.3 is 14.0 Å². The van der Waals surface area contributed by atoms with Crippen LogP contribution >= 0.6 is 11.6 Å². The smallest absolute Gasteiger partial charge is 0.243 e. The van der Waals surface area contributed by atoms with Gasteiger partial charge in [-0.3, -0.25) is 0 Å². The van der Waals surface area contributed by atoms with Crippen LogP contribution in [0, 0.1) is 11.3 Å². The molecule has 6 nitrogen and oxygen atoms in total. The van der Waals surface area contributed by atoms with E-state index in [0.29, 0.717) is 17.5 Å². The zero-order valence-corrected chi connectivity index (χ0v) is 22.8. The largest absolute Gasteiger partial charge is 0.407 e. The normalized spacial score (nSPS) is 27.2. The van der Waals surface area contributed by atoms with Gasteiger partial charge in [-0.15, -0.1) is 0 Å². The van der Waals surface area contributed by atoms with Crippen molar-refractivity contribution < 1.29 is 22.4 Å². The molecule has 0 N–H and O–H groups in total. The van der Waals surface area contributed by atoms with Gasteiger partial charge in [-0.05, 0) is 74.0 Å². The number of ether oxygens (including phenoxy) is 1. The summed E-state index contributed by atoms with van der Waals surface area (Å²) in [6, 6.07) is 5.70. The maximum absolute atomic E-state index is 14.0. The Labute approximate surface area is 204 Å². The van der Waals surface area contributed by atoms with Crippen LogP contribution in [-0.4, -0.2) is 58.7 Å². The van der Waals surface area contributed by atoms with Crippen LogP contribution in [0.2, 0.25) is 23.2 Å². The van der Waals surface area contributed by atoms with Crippen molar-refractivity contribution in [3.8, 4) is 0 Å². The minimum atomic E-state index is -3.80. The molecule has 9 heteroatoms. The lowest BCUT2D eigenvalue weighted by atomic mass is 9.89. The molecule has 1 aliphatic heterocycles. The van der Waals surface area contributed by atoms with Crippen molar-refractivity contribution in [1.29, 1.82) is 0 Å². The fraction of sp³-hybridized carbons (Fsp3) is 0.708. The first kappa shape index (κ1) is 25.3. The van der Waals surface area contributed by atoms with E-state index in [1.807, 2.05) is 0 Å². The van der Waals surface area contributed by atoms with E-state index in [0.717, 1.165) is 32.0 Å². The standard InChI is InChI=1S/C24H36ClNO5SSi/c1-23(2,3)33(4,5)31-22(14-27)24(12-13-24)21-16-30-15-20(17-6-7-17)26(21)32(28,29)19-10-8-18(25)9-11-19/h8-11,14,17,20-22H,6-7,12-13,15-16H2,1-5H3/t20-,21+,22?/m0/s1. The predicted molar refractivity (Wildman–Crippen MR) is 131 cm³/mol. The van der Waals surface area contributed by atoms with E-state index >= 15 is 0 Å². The molecule has 33 heavy (non-hydrogen) atoms. The molecule has 1 heterocycles. The van der Waals surface area contributed by atoms with Crippen molar-refractivity contribution in [3.05, 3.63) is 29.3 Å². The Kier molecular flexibility index (Phi) is 6.69. The van der Waals surface area contributed by atoms with Crippen LogP contribution in [0.5, 0.6) is 0 Å². The highest BCUT2D eigenvalue weighted by molar-refractivity contribution is 7.89. The van der Waals surface area contributed by atoms with Crippen LogP contribution in [-0.2, 0) is 24.0 Å². The second kappa shape index (κ2) is 8.71. The highest BCUT2D eigenvalue weighted by Crippen LogP contribution is 2.58. The Morgan fingerprint density at radius 3 is 2.27 bits per heavy atom. The number of morpholine rings is 1. The highest BCUT2D eigenvalue weighted by atomic mass is 35.5. The molecule has 2 saturated carbocycles. The van der Waals surface area contributed by atoms with Crippen molar-refractivity contribution in [2.24, 2.45) is 11.3 Å². The number of sulfonamides is 1. The molecule has 0 radical (unpaired) electrons. The quantitative estimate of drug-likeness (QED) is 0.366. The summed E-state index contributed by atoms with van der Waals surface area (Å²) in [5.41, 5.74) is -0.551. The second-order valence-corrected chi connectivity index (χ2v) is 18.5. The summed E-state index contributed by atoms with van der Waals surface area (Å²) in [5.74, 6) is 0.293. The minimum Gasteiger partial charge on any atom is -0.407 e. The first-order chi connectivity index (χ1) is 15.3. The lowest BCUT2D eigenvalue weighted by Gasteiger charge is -2.47. The van der Waals surface area contributed by atoms with Gasteiger partial charge in [0.1, 0.15) is 12.4 Å². The molecule has 1 aromatic rings. The Hall–Kier alpha value is -0.773. The van der Waals surface area contributed by atoms with Gasteiger partial charge in [0.2, 0.25) is 10.0 Å². The van der Waals surface area contributed by atoms with Gasteiger partial charge in [0, 0.05) is 10.4 Å². The topological polar surface area (TPSA) is 72.9 Å². The molecule has 0 bridgehead atoms.